The van der Waals surface area contributed by atoms with Crippen LogP contribution >= 0.6 is 0 Å². The third-order valence-electron chi connectivity index (χ3n) is 13.2. The summed E-state index contributed by atoms with van der Waals surface area (Å²) in [4.78, 5) is 11.5. The number of amides is 1. The van der Waals surface area contributed by atoms with Crippen molar-refractivity contribution in [1.82, 2.24) is 0 Å². The molecule has 4 saturated carbocycles. The van der Waals surface area contributed by atoms with E-state index in [2.05, 4.69) is 61.6 Å². The van der Waals surface area contributed by atoms with Crippen molar-refractivity contribution in [3.05, 3.63) is 0 Å². The highest BCUT2D eigenvalue weighted by Crippen LogP contribution is 2.69. The lowest BCUT2D eigenvalue weighted by molar-refractivity contribution is -0.202. The number of primary amides is 1. The molecule has 0 spiro atoms. The van der Waals surface area contributed by atoms with Crippen molar-refractivity contribution >= 4 is 14.2 Å². The number of aliphatic hydroxyl groups is 1. The summed E-state index contributed by atoms with van der Waals surface area (Å²) in [5.41, 5.74) is 6.10. The van der Waals surface area contributed by atoms with Gasteiger partial charge in [-0.25, -0.2) is 0 Å². The van der Waals surface area contributed by atoms with Crippen molar-refractivity contribution in [2.24, 2.45) is 58.0 Å². The Morgan fingerprint density at radius 3 is 2.27 bits per heavy atom. The molecule has 0 aromatic carbocycles. The molecule has 5 heteroatoms. The molecule has 1 amide bonds. The number of hydrogen-bond donors (Lipinski definition) is 2. The van der Waals surface area contributed by atoms with E-state index in [1.165, 1.54) is 38.5 Å². The Hall–Kier alpha value is -0.393. The summed E-state index contributed by atoms with van der Waals surface area (Å²) in [5, 5.41) is 12.4. The minimum Gasteiger partial charge on any atom is -0.414 e. The third-order valence-corrected chi connectivity index (χ3v) is 17.8. The Kier molecular flexibility index (Phi) is 8.17. The van der Waals surface area contributed by atoms with Crippen molar-refractivity contribution in [1.29, 1.82) is 0 Å². The number of carbonyl (C=O) groups is 1. The second-order valence-electron chi connectivity index (χ2n) is 16.0. The summed E-state index contributed by atoms with van der Waals surface area (Å²) in [6.07, 6.45) is 11.2. The van der Waals surface area contributed by atoms with Crippen LogP contribution in [0.2, 0.25) is 18.1 Å². The highest BCUT2D eigenvalue weighted by Gasteiger charge is 2.65. The monoisotopic (exact) mass is 533 g/mol. The van der Waals surface area contributed by atoms with Crippen LogP contribution < -0.4 is 5.73 Å². The number of fused-ring (bicyclic) bond motifs is 5. The smallest absolute Gasteiger partial charge is 0.217 e. The highest BCUT2D eigenvalue weighted by atomic mass is 28.4. The van der Waals surface area contributed by atoms with Crippen LogP contribution in [-0.4, -0.2) is 31.5 Å². The fraction of sp³-hybridized carbons (Fsp3) is 0.969. The van der Waals surface area contributed by atoms with E-state index < -0.39 is 8.32 Å². The predicted octanol–water partition coefficient (Wildman–Crippen LogP) is 7.54. The van der Waals surface area contributed by atoms with Gasteiger partial charge in [-0.3, -0.25) is 4.79 Å². The van der Waals surface area contributed by atoms with Crippen LogP contribution in [0.4, 0.5) is 0 Å². The minimum atomic E-state index is -1.81. The van der Waals surface area contributed by atoms with E-state index in [9.17, 15) is 9.90 Å². The Balaban J connectivity index is 1.56. The number of hydrogen-bond acceptors (Lipinski definition) is 3. The fourth-order valence-corrected chi connectivity index (χ4v) is 11.6. The maximum absolute atomic E-state index is 12.1. The first-order chi connectivity index (χ1) is 17.1. The van der Waals surface area contributed by atoms with Crippen LogP contribution in [0, 0.1) is 52.3 Å². The standard InChI is InChI=1S/C32H59NO3Si/c1-10-22-26-19-21(36-37(8,9)30(3,4)5)15-17-32(26,7)25-16-18-31(6)23(20(2)11-14-27(33)34)12-13-24(31)28(25)29(22)35/h20-26,28-29,35H,10-19H2,1-9H3,(H2,33,34)/t20-,21?,22-,23?,24?,25?,26?,28+,29-,31?,32?/m1/s1. The van der Waals surface area contributed by atoms with Crippen LogP contribution in [0.3, 0.4) is 0 Å². The first-order valence-electron chi connectivity index (χ1n) is 15.7. The van der Waals surface area contributed by atoms with Crippen LogP contribution in [0.15, 0.2) is 0 Å². The summed E-state index contributed by atoms with van der Waals surface area (Å²) in [6.45, 7) is 21.6. The first kappa shape index (κ1) is 29.6. The molecule has 4 nitrogen and oxygen atoms in total. The molecule has 0 saturated heterocycles. The largest absolute Gasteiger partial charge is 0.414 e. The molecule has 4 aliphatic carbocycles. The molecule has 0 bridgehead atoms. The Labute approximate surface area is 229 Å². The fourth-order valence-electron chi connectivity index (χ4n) is 10.2. The number of nitrogens with two attached hydrogens (primary N) is 1. The summed E-state index contributed by atoms with van der Waals surface area (Å²) < 4.78 is 6.99. The lowest BCUT2D eigenvalue weighted by atomic mass is 9.41. The van der Waals surface area contributed by atoms with E-state index in [1.54, 1.807) is 0 Å². The summed E-state index contributed by atoms with van der Waals surface area (Å²) >= 11 is 0. The van der Waals surface area contributed by atoms with Gasteiger partial charge < -0.3 is 15.3 Å². The van der Waals surface area contributed by atoms with Gasteiger partial charge in [-0.2, -0.15) is 0 Å². The molecular formula is C32H59NO3Si. The lowest BCUT2D eigenvalue weighted by Gasteiger charge is -2.65. The van der Waals surface area contributed by atoms with E-state index in [4.69, 9.17) is 10.2 Å². The molecule has 214 valence electrons. The SMILES string of the molecule is CC[C@@H]1C2CC(O[Si](C)(C)C(C)(C)C)CCC2(C)C2CCC3(C)C(CCC3[C@H](C)CCC(N)=O)[C@@H]2[C@@H]1O. The molecule has 37 heavy (non-hydrogen) atoms. The van der Waals surface area contributed by atoms with Crippen LogP contribution in [-0.2, 0) is 9.22 Å². The molecule has 0 aliphatic heterocycles. The molecule has 0 aromatic rings. The molecule has 4 aliphatic rings. The maximum atomic E-state index is 12.1. The average Bonchev–Trinajstić information content (AvgIpc) is 3.15. The van der Waals surface area contributed by atoms with E-state index >= 15 is 0 Å². The van der Waals surface area contributed by atoms with Crippen molar-refractivity contribution < 1.29 is 14.3 Å². The van der Waals surface area contributed by atoms with Gasteiger partial charge in [0.05, 0.1) is 6.10 Å². The van der Waals surface area contributed by atoms with E-state index in [0.717, 1.165) is 19.3 Å². The zero-order chi connectivity index (χ0) is 27.6. The van der Waals surface area contributed by atoms with Gasteiger partial charge in [-0.05, 0) is 122 Å². The lowest BCUT2D eigenvalue weighted by Crippen LogP contribution is -2.62. The molecule has 3 N–H and O–H groups in total. The molecular weight excluding hydrogens is 474 g/mol. The molecule has 0 heterocycles. The first-order valence-corrected chi connectivity index (χ1v) is 18.6. The molecule has 0 radical (unpaired) electrons. The van der Waals surface area contributed by atoms with Gasteiger partial charge in [0.25, 0.3) is 0 Å². The predicted molar refractivity (Wildman–Crippen MR) is 155 cm³/mol. The Bertz CT molecular complexity index is 838. The van der Waals surface area contributed by atoms with Crippen LogP contribution in [0.1, 0.15) is 113 Å². The van der Waals surface area contributed by atoms with Gasteiger partial charge in [0.15, 0.2) is 8.32 Å². The zero-order valence-electron chi connectivity index (χ0n) is 25.6. The second kappa shape index (κ2) is 10.2. The van der Waals surface area contributed by atoms with E-state index in [1.807, 2.05) is 0 Å². The minimum absolute atomic E-state index is 0.171. The molecule has 4 fully saturated rings. The van der Waals surface area contributed by atoms with Crippen LogP contribution in [0.25, 0.3) is 0 Å². The van der Waals surface area contributed by atoms with Gasteiger partial charge >= 0.3 is 0 Å². The van der Waals surface area contributed by atoms with Crippen molar-refractivity contribution in [3.63, 3.8) is 0 Å². The van der Waals surface area contributed by atoms with Gasteiger partial charge in [-0.15, -0.1) is 0 Å². The average molecular weight is 534 g/mol. The van der Waals surface area contributed by atoms with Crippen LogP contribution in [0.5, 0.6) is 0 Å². The quantitative estimate of drug-likeness (QED) is 0.332. The molecule has 4 rings (SSSR count). The zero-order valence-corrected chi connectivity index (χ0v) is 26.6. The summed E-state index contributed by atoms with van der Waals surface area (Å²) in [6, 6.07) is 0. The second-order valence-corrected chi connectivity index (χ2v) is 20.7. The number of carbonyl (C=O) groups excluding carboxylic acids is 1. The Morgan fingerprint density at radius 2 is 1.68 bits per heavy atom. The van der Waals surface area contributed by atoms with Gasteiger partial charge in [0.1, 0.15) is 0 Å². The number of aliphatic hydroxyl groups excluding tert-OH is 1. The topological polar surface area (TPSA) is 72.5 Å². The maximum Gasteiger partial charge on any atom is 0.217 e. The number of rotatable bonds is 7. The normalized spacial score (nSPS) is 45.0. The van der Waals surface area contributed by atoms with Crippen molar-refractivity contribution in [2.75, 3.05) is 0 Å². The van der Waals surface area contributed by atoms with Gasteiger partial charge in [0.2, 0.25) is 5.91 Å². The molecule has 7 unspecified atom stereocenters. The van der Waals surface area contributed by atoms with E-state index in [0.29, 0.717) is 59.4 Å². The summed E-state index contributed by atoms with van der Waals surface area (Å²) in [5.74, 6) is 3.60. The van der Waals surface area contributed by atoms with Crippen molar-refractivity contribution in [2.45, 2.75) is 143 Å². The molecule has 11 atom stereocenters. The van der Waals surface area contributed by atoms with Crippen molar-refractivity contribution in [3.8, 4) is 0 Å². The van der Waals surface area contributed by atoms with Gasteiger partial charge in [0, 0.05) is 12.5 Å². The highest BCUT2D eigenvalue weighted by molar-refractivity contribution is 6.74. The van der Waals surface area contributed by atoms with Gasteiger partial charge in [-0.1, -0.05) is 54.9 Å². The van der Waals surface area contributed by atoms with E-state index in [-0.39, 0.29) is 22.5 Å². The Morgan fingerprint density at radius 1 is 1.05 bits per heavy atom. The molecule has 0 aromatic heterocycles. The third kappa shape index (κ3) is 5.01. The summed E-state index contributed by atoms with van der Waals surface area (Å²) in [7, 11) is -1.81.